The molecular formula is C26H22N4O5S. The number of nitrogens with one attached hydrogen (secondary N) is 1. The second-order valence-corrected chi connectivity index (χ2v) is 8.43. The number of methoxy groups -OCH3 is 2. The van der Waals surface area contributed by atoms with Gasteiger partial charge in [0.25, 0.3) is 5.69 Å². The fraction of sp³-hybridized carbons (Fsp3) is 0.154. The lowest BCUT2D eigenvalue weighted by molar-refractivity contribution is -0.384. The topological polar surface area (TPSA) is 103 Å². The molecule has 182 valence electrons. The molecule has 0 amide bonds. The average Bonchev–Trinajstić information content (AvgIpc) is 3.53. The van der Waals surface area contributed by atoms with Gasteiger partial charge in [-0.2, -0.15) is 0 Å². The monoisotopic (exact) mass is 502 g/mol. The Balaban J connectivity index is 1.59. The highest BCUT2D eigenvalue weighted by Gasteiger charge is 2.43. The van der Waals surface area contributed by atoms with Gasteiger partial charge in [-0.15, -0.1) is 0 Å². The van der Waals surface area contributed by atoms with Gasteiger partial charge in [0.1, 0.15) is 29.1 Å². The van der Waals surface area contributed by atoms with Crippen LogP contribution in [0.15, 0.2) is 83.4 Å². The molecule has 0 spiro atoms. The second-order valence-electron chi connectivity index (χ2n) is 8.04. The fourth-order valence-corrected chi connectivity index (χ4v) is 4.64. The molecule has 4 aromatic rings. The van der Waals surface area contributed by atoms with E-state index < -0.39 is 4.92 Å². The fourth-order valence-electron chi connectivity index (χ4n) is 4.30. The summed E-state index contributed by atoms with van der Waals surface area (Å²) in [4.78, 5) is 17.1. The molecule has 1 fully saturated rings. The molecule has 1 saturated heterocycles. The number of aromatic nitrogens is 1. The lowest BCUT2D eigenvalue weighted by Gasteiger charge is -2.27. The molecule has 2 aromatic heterocycles. The van der Waals surface area contributed by atoms with E-state index in [1.165, 1.54) is 12.1 Å². The minimum atomic E-state index is -0.430. The molecule has 0 radical (unpaired) electrons. The SMILES string of the molecule is COc1ccc(N2C(=S)N[C@@H](c3ccccn3)[C@@H]2c2ccc(-c3ccc([N+](=O)[O-])cc3)o2)c(OC)c1. The molecule has 1 aliphatic rings. The summed E-state index contributed by atoms with van der Waals surface area (Å²) in [6.45, 7) is 0. The first-order valence-electron chi connectivity index (χ1n) is 11.1. The van der Waals surface area contributed by atoms with Crippen LogP contribution < -0.4 is 19.7 Å². The Morgan fingerprint density at radius 2 is 1.86 bits per heavy atom. The highest BCUT2D eigenvalue weighted by atomic mass is 32.1. The minimum absolute atomic E-state index is 0.0175. The molecule has 0 bridgehead atoms. The summed E-state index contributed by atoms with van der Waals surface area (Å²) in [5.74, 6) is 2.47. The molecule has 2 atom stereocenters. The summed E-state index contributed by atoms with van der Waals surface area (Å²) < 4.78 is 17.3. The van der Waals surface area contributed by atoms with E-state index in [9.17, 15) is 10.1 Å². The van der Waals surface area contributed by atoms with Gasteiger partial charge in [-0.1, -0.05) is 6.07 Å². The first-order chi connectivity index (χ1) is 17.5. The molecule has 1 N–H and O–H groups in total. The van der Waals surface area contributed by atoms with Crippen LogP contribution in [-0.4, -0.2) is 29.2 Å². The molecule has 10 heteroatoms. The number of hydrogen-bond acceptors (Lipinski definition) is 7. The summed E-state index contributed by atoms with van der Waals surface area (Å²) in [5.41, 5.74) is 2.29. The van der Waals surface area contributed by atoms with Crippen molar-refractivity contribution >= 4 is 28.7 Å². The molecule has 0 aliphatic carbocycles. The maximum Gasteiger partial charge on any atom is 0.269 e. The number of pyridine rings is 1. The van der Waals surface area contributed by atoms with Crippen LogP contribution in [0.3, 0.4) is 0 Å². The van der Waals surface area contributed by atoms with Crippen LogP contribution in [0.5, 0.6) is 11.5 Å². The van der Waals surface area contributed by atoms with Crippen molar-refractivity contribution in [3.8, 4) is 22.8 Å². The van der Waals surface area contributed by atoms with Crippen LogP contribution in [0.2, 0.25) is 0 Å². The Labute approximate surface area is 212 Å². The zero-order chi connectivity index (χ0) is 25.2. The second kappa shape index (κ2) is 9.67. The number of furan rings is 1. The van der Waals surface area contributed by atoms with Gasteiger partial charge >= 0.3 is 0 Å². The van der Waals surface area contributed by atoms with Crippen molar-refractivity contribution < 1.29 is 18.8 Å². The Morgan fingerprint density at radius 1 is 1.06 bits per heavy atom. The van der Waals surface area contributed by atoms with E-state index in [0.29, 0.717) is 28.1 Å². The van der Waals surface area contributed by atoms with Crippen molar-refractivity contribution in [2.24, 2.45) is 0 Å². The quantitative estimate of drug-likeness (QED) is 0.201. The normalized spacial score (nSPS) is 17.1. The van der Waals surface area contributed by atoms with Gasteiger partial charge in [-0.25, -0.2) is 0 Å². The lowest BCUT2D eigenvalue weighted by atomic mass is 10.0. The average molecular weight is 503 g/mol. The predicted octanol–water partition coefficient (Wildman–Crippen LogP) is 5.44. The summed E-state index contributed by atoms with van der Waals surface area (Å²) in [7, 11) is 3.19. The molecule has 9 nitrogen and oxygen atoms in total. The molecule has 5 rings (SSSR count). The van der Waals surface area contributed by atoms with Gasteiger partial charge in [-0.05, 0) is 60.7 Å². The van der Waals surface area contributed by atoms with E-state index in [2.05, 4.69) is 10.3 Å². The van der Waals surface area contributed by atoms with Gasteiger partial charge in [-0.3, -0.25) is 15.1 Å². The van der Waals surface area contributed by atoms with E-state index >= 15 is 0 Å². The zero-order valence-corrected chi connectivity index (χ0v) is 20.3. The van der Waals surface area contributed by atoms with Gasteiger partial charge in [0, 0.05) is 30.0 Å². The Morgan fingerprint density at radius 3 is 2.53 bits per heavy atom. The zero-order valence-electron chi connectivity index (χ0n) is 19.5. The van der Waals surface area contributed by atoms with E-state index in [-0.39, 0.29) is 17.8 Å². The van der Waals surface area contributed by atoms with Crippen molar-refractivity contribution in [2.45, 2.75) is 12.1 Å². The highest BCUT2D eigenvalue weighted by molar-refractivity contribution is 7.80. The Bertz CT molecular complexity index is 1410. The molecular weight excluding hydrogens is 480 g/mol. The number of thiocarbonyl (C=S) groups is 1. The van der Waals surface area contributed by atoms with Crippen molar-refractivity contribution in [3.63, 3.8) is 0 Å². The van der Waals surface area contributed by atoms with Crippen molar-refractivity contribution in [3.05, 3.63) is 101 Å². The van der Waals surface area contributed by atoms with Crippen LogP contribution in [-0.2, 0) is 0 Å². The smallest absolute Gasteiger partial charge is 0.269 e. The number of non-ortho nitro benzene ring substituents is 1. The van der Waals surface area contributed by atoms with Crippen LogP contribution in [0.1, 0.15) is 23.5 Å². The van der Waals surface area contributed by atoms with Crippen LogP contribution in [0.4, 0.5) is 11.4 Å². The third-order valence-electron chi connectivity index (χ3n) is 6.03. The number of anilines is 1. The third kappa shape index (κ3) is 4.22. The van der Waals surface area contributed by atoms with E-state index in [4.69, 9.17) is 26.1 Å². The first-order valence-corrected chi connectivity index (χ1v) is 11.5. The molecule has 1 aliphatic heterocycles. The van der Waals surface area contributed by atoms with Gasteiger partial charge < -0.3 is 24.1 Å². The standard InChI is InChI=1S/C26H22N4O5S/c1-33-18-10-11-20(23(15-18)34-2)29-25(24(28-26(29)36)19-5-3-4-14-27-19)22-13-12-21(35-22)16-6-8-17(9-7-16)30(31)32/h3-15,24-25H,1-2H3,(H,28,36)/t24-,25-/m0/s1. The molecule has 0 saturated carbocycles. The van der Waals surface area contributed by atoms with Crippen molar-refractivity contribution in [1.82, 2.24) is 10.3 Å². The largest absolute Gasteiger partial charge is 0.497 e. The minimum Gasteiger partial charge on any atom is -0.497 e. The number of rotatable bonds is 7. The third-order valence-corrected chi connectivity index (χ3v) is 6.34. The number of hydrogen-bond donors (Lipinski definition) is 1. The van der Waals surface area contributed by atoms with Crippen molar-refractivity contribution in [1.29, 1.82) is 0 Å². The van der Waals surface area contributed by atoms with E-state index in [0.717, 1.165) is 16.9 Å². The number of nitrogens with zero attached hydrogens (tertiary/aromatic N) is 3. The van der Waals surface area contributed by atoms with E-state index in [1.54, 1.807) is 38.6 Å². The van der Waals surface area contributed by atoms with Crippen molar-refractivity contribution in [2.75, 3.05) is 19.1 Å². The maximum atomic E-state index is 11.0. The van der Waals surface area contributed by atoms with Crippen LogP contribution in [0.25, 0.3) is 11.3 Å². The number of benzene rings is 2. The molecule has 0 unspecified atom stereocenters. The lowest BCUT2D eigenvalue weighted by Crippen LogP contribution is -2.29. The van der Waals surface area contributed by atoms with E-state index in [1.807, 2.05) is 47.4 Å². The highest BCUT2D eigenvalue weighted by Crippen LogP contribution is 2.46. The molecule has 3 heterocycles. The summed E-state index contributed by atoms with van der Waals surface area (Å²) in [6, 6.07) is 20.5. The summed E-state index contributed by atoms with van der Waals surface area (Å²) in [6.07, 6.45) is 1.73. The number of nitro benzene ring substituents is 1. The summed E-state index contributed by atoms with van der Waals surface area (Å²) >= 11 is 5.78. The Hall–Kier alpha value is -4.44. The first kappa shape index (κ1) is 23.3. The van der Waals surface area contributed by atoms with Gasteiger partial charge in [0.05, 0.1) is 36.6 Å². The predicted molar refractivity (Wildman–Crippen MR) is 138 cm³/mol. The Kier molecular flexibility index (Phi) is 6.26. The maximum absolute atomic E-state index is 11.0. The van der Waals surface area contributed by atoms with Crippen LogP contribution in [0, 0.1) is 10.1 Å². The summed E-state index contributed by atoms with van der Waals surface area (Å²) in [5, 5.41) is 14.9. The number of nitro groups is 1. The van der Waals surface area contributed by atoms with Gasteiger partial charge in [0.15, 0.2) is 5.11 Å². The molecule has 2 aromatic carbocycles. The van der Waals surface area contributed by atoms with Crippen LogP contribution >= 0.6 is 12.2 Å². The van der Waals surface area contributed by atoms with Gasteiger partial charge in [0.2, 0.25) is 0 Å². The number of ether oxygens (including phenoxy) is 2. The molecule has 36 heavy (non-hydrogen) atoms.